The molecule has 16 heavy (non-hydrogen) atoms. The Balaban J connectivity index is 1.72. The van der Waals surface area contributed by atoms with Gasteiger partial charge in [-0.05, 0) is 17.7 Å². The van der Waals surface area contributed by atoms with Crippen molar-refractivity contribution >= 4 is 5.84 Å². The number of benzene rings is 1. The monoisotopic (exact) mass is 217 g/mol. The topological polar surface area (TPSA) is 56.7 Å². The van der Waals surface area contributed by atoms with Crippen LogP contribution >= 0.6 is 0 Å². The van der Waals surface area contributed by atoms with Crippen LogP contribution in [0, 0.1) is 0 Å². The number of aliphatic imine (C=N–C) groups is 1. The number of hydrogen-bond donors (Lipinski definition) is 3. The van der Waals surface area contributed by atoms with E-state index < -0.39 is 0 Å². The number of hydrogen-bond acceptors (Lipinski definition) is 4. The second-order valence-corrected chi connectivity index (χ2v) is 4.40. The molecule has 84 valence electrons. The normalized spacial score (nSPS) is 27.4. The van der Waals surface area contributed by atoms with Crippen molar-refractivity contribution in [3.05, 3.63) is 29.8 Å². The summed E-state index contributed by atoms with van der Waals surface area (Å²) in [6.07, 6.45) is 0.779. The minimum atomic E-state index is 0.318. The Morgan fingerprint density at radius 2 is 2.31 bits per heavy atom. The van der Waals surface area contributed by atoms with E-state index in [1.807, 2.05) is 12.1 Å². The number of aromatic hydroxyl groups is 1. The summed E-state index contributed by atoms with van der Waals surface area (Å²) in [5.74, 6) is 1.36. The molecule has 4 nitrogen and oxygen atoms in total. The van der Waals surface area contributed by atoms with Gasteiger partial charge in [-0.1, -0.05) is 12.1 Å². The molecule has 2 unspecified atom stereocenters. The van der Waals surface area contributed by atoms with Crippen molar-refractivity contribution in [1.82, 2.24) is 10.6 Å². The summed E-state index contributed by atoms with van der Waals surface area (Å²) < 4.78 is 0. The van der Waals surface area contributed by atoms with Gasteiger partial charge in [-0.15, -0.1) is 0 Å². The van der Waals surface area contributed by atoms with Crippen LogP contribution < -0.4 is 10.6 Å². The number of phenols is 1. The number of fused-ring (bicyclic) bond motifs is 1. The largest absolute Gasteiger partial charge is 0.508 e. The van der Waals surface area contributed by atoms with E-state index in [2.05, 4.69) is 15.6 Å². The predicted octanol–water partition coefficient (Wildman–Crippen LogP) is 0.277. The van der Waals surface area contributed by atoms with Crippen molar-refractivity contribution in [3.8, 4) is 5.75 Å². The van der Waals surface area contributed by atoms with Gasteiger partial charge in [0.15, 0.2) is 0 Å². The molecular weight excluding hydrogens is 202 g/mol. The first kappa shape index (κ1) is 9.66. The van der Waals surface area contributed by atoms with Gasteiger partial charge in [-0.3, -0.25) is 4.99 Å². The molecule has 1 saturated heterocycles. The summed E-state index contributed by atoms with van der Waals surface area (Å²) in [5.41, 5.74) is 1.10. The molecule has 2 aliphatic heterocycles. The molecule has 0 radical (unpaired) electrons. The maximum absolute atomic E-state index is 9.38. The van der Waals surface area contributed by atoms with Crippen molar-refractivity contribution in [3.63, 3.8) is 0 Å². The standard InChI is InChI=1S/C12H15N3O/c16-9-3-1-2-8(4-9)5-12-14-10-6-13-7-11(10)15-12/h1-4,10-11,13,16H,5-7H2,(H,14,15). The number of nitrogens with one attached hydrogen (secondary N) is 2. The first-order valence-corrected chi connectivity index (χ1v) is 5.63. The fourth-order valence-corrected chi connectivity index (χ4v) is 2.36. The molecule has 1 aromatic rings. The molecule has 2 aliphatic rings. The molecule has 2 heterocycles. The smallest absolute Gasteiger partial charge is 0.115 e. The number of phenolic OH excluding ortho intramolecular Hbond substituents is 1. The Hall–Kier alpha value is -1.55. The van der Waals surface area contributed by atoms with Crippen LogP contribution in [-0.4, -0.2) is 36.1 Å². The van der Waals surface area contributed by atoms with Gasteiger partial charge in [0.2, 0.25) is 0 Å². The van der Waals surface area contributed by atoms with Crippen molar-refractivity contribution in [2.24, 2.45) is 4.99 Å². The van der Waals surface area contributed by atoms with Crippen LogP contribution in [0.4, 0.5) is 0 Å². The maximum atomic E-state index is 9.38. The molecular formula is C12H15N3O. The van der Waals surface area contributed by atoms with Crippen molar-refractivity contribution < 1.29 is 5.11 Å². The molecule has 0 aromatic heterocycles. The first-order chi connectivity index (χ1) is 7.81. The van der Waals surface area contributed by atoms with Gasteiger partial charge in [0.1, 0.15) is 11.6 Å². The van der Waals surface area contributed by atoms with Gasteiger partial charge in [-0.2, -0.15) is 0 Å². The second-order valence-electron chi connectivity index (χ2n) is 4.40. The first-order valence-electron chi connectivity index (χ1n) is 5.63. The fourth-order valence-electron chi connectivity index (χ4n) is 2.36. The summed E-state index contributed by atoms with van der Waals surface area (Å²) in [6, 6.07) is 8.21. The number of nitrogens with zero attached hydrogens (tertiary/aromatic N) is 1. The molecule has 4 heteroatoms. The van der Waals surface area contributed by atoms with E-state index in [0.29, 0.717) is 17.8 Å². The zero-order chi connectivity index (χ0) is 11.0. The van der Waals surface area contributed by atoms with Crippen LogP contribution in [0.15, 0.2) is 29.3 Å². The Morgan fingerprint density at radius 3 is 3.12 bits per heavy atom. The quantitative estimate of drug-likeness (QED) is 0.667. The van der Waals surface area contributed by atoms with Gasteiger partial charge in [0.25, 0.3) is 0 Å². The Kier molecular flexibility index (Phi) is 2.29. The van der Waals surface area contributed by atoms with Crippen molar-refractivity contribution in [1.29, 1.82) is 0 Å². The van der Waals surface area contributed by atoms with Gasteiger partial charge >= 0.3 is 0 Å². The molecule has 1 fully saturated rings. The van der Waals surface area contributed by atoms with Crippen LogP contribution in [0.3, 0.4) is 0 Å². The Bertz CT molecular complexity index is 430. The van der Waals surface area contributed by atoms with Crippen molar-refractivity contribution in [2.75, 3.05) is 13.1 Å². The van der Waals surface area contributed by atoms with E-state index in [0.717, 1.165) is 30.9 Å². The van der Waals surface area contributed by atoms with Crippen LogP contribution in [0.1, 0.15) is 5.56 Å². The molecule has 3 rings (SSSR count). The van der Waals surface area contributed by atoms with Gasteiger partial charge in [0, 0.05) is 19.5 Å². The summed E-state index contributed by atoms with van der Waals surface area (Å²) in [5, 5.41) is 16.1. The third-order valence-corrected chi connectivity index (χ3v) is 3.14. The molecule has 2 atom stereocenters. The second kappa shape index (κ2) is 3.79. The molecule has 0 aliphatic carbocycles. The van der Waals surface area contributed by atoms with Crippen molar-refractivity contribution in [2.45, 2.75) is 18.5 Å². The van der Waals surface area contributed by atoms with Gasteiger partial charge in [0.05, 0.1) is 12.1 Å². The lowest BCUT2D eigenvalue weighted by molar-refractivity contribution is 0.475. The average Bonchev–Trinajstić information content (AvgIpc) is 2.77. The van der Waals surface area contributed by atoms with Gasteiger partial charge in [-0.25, -0.2) is 0 Å². The Morgan fingerprint density at radius 1 is 1.38 bits per heavy atom. The molecule has 0 spiro atoms. The lowest BCUT2D eigenvalue weighted by atomic mass is 10.1. The summed E-state index contributed by atoms with van der Waals surface area (Å²) >= 11 is 0. The highest BCUT2D eigenvalue weighted by Gasteiger charge is 2.32. The summed E-state index contributed by atoms with van der Waals surface area (Å²) in [4.78, 5) is 4.64. The number of rotatable bonds is 2. The third kappa shape index (κ3) is 1.76. The van der Waals surface area contributed by atoms with E-state index in [-0.39, 0.29) is 0 Å². The van der Waals surface area contributed by atoms with E-state index in [1.165, 1.54) is 0 Å². The molecule has 1 aromatic carbocycles. The van der Waals surface area contributed by atoms with E-state index >= 15 is 0 Å². The van der Waals surface area contributed by atoms with E-state index in [1.54, 1.807) is 12.1 Å². The highest BCUT2D eigenvalue weighted by molar-refractivity contribution is 5.86. The minimum Gasteiger partial charge on any atom is -0.508 e. The lowest BCUT2D eigenvalue weighted by Gasteiger charge is -2.08. The number of amidine groups is 1. The maximum Gasteiger partial charge on any atom is 0.115 e. The van der Waals surface area contributed by atoms with E-state index in [4.69, 9.17) is 0 Å². The predicted molar refractivity (Wildman–Crippen MR) is 62.8 cm³/mol. The summed E-state index contributed by atoms with van der Waals surface area (Å²) in [7, 11) is 0. The molecule has 0 amide bonds. The van der Waals surface area contributed by atoms with E-state index in [9.17, 15) is 5.11 Å². The zero-order valence-corrected chi connectivity index (χ0v) is 8.98. The fraction of sp³-hybridized carbons (Fsp3) is 0.417. The van der Waals surface area contributed by atoms with Gasteiger partial charge < -0.3 is 15.7 Å². The highest BCUT2D eigenvalue weighted by atomic mass is 16.3. The Labute approximate surface area is 94.4 Å². The molecule has 0 saturated carbocycles. The third-order valence-electron chi connectivity index (χ3n) is 3.14. The van der Waals surface area contributed by atoms with Crippen LogP contribution in [0.5, 0.6) is 5.75 Å². The molecule has 0 bridgehead atoms. The van der Waals surface area contributed by atoms with Crippen LogP contribution in [0.2, 0.25) is 0 Å². The lowest BCUT2D eigenvalue weighted by Crippen LogP contribution is -2.35. The summed E-state index contributed by atoms with van der Waals surface area (Å²) in [6.45, 7) is 1.97. The minimum absolute atomic E-state index is 0.318. The van der Waals surface area contributed by atoms with Crippen LogP contribution in [0.25, 0.3) is 0 Å². The zero-order valence-electron chi connectivity index (χ0n) is 8.98. The molecule has 3 N–H and O–H groups in total. The highest BCUT2D eigenvalue weighted by Crippen LogP contribution is 2.16. The average molecular weight is 217 g/mol. The SMILES string of the molecule is Oc1cccc(CC2=NC3CNCC3N2)c1. The van der Waals surface area contributed by atoms with Crippen LogP contribution in [-0.2, 0) is 6.42 Å².